The normalized spacial score (nSPS) is 16.2. The first kappa shape index (κ1) is 20.3. The number of benzene rings is 2. The molecule has 7 nitrogen and oxygen atoms in total. The van der Waals surface area contributed by atoms with Crippen LogP contribution in [0.3, 0.4) is 0 Å². The van der Waals surface area contributed by atoms with Crippen LogP contribution in [-0.4, -0.2) is 53.9 Å². The Kier molecular flexibility index (Phi) is 5.89. The molecule has 2 heterocycles. The number of halogens is 2. The molecule has 0 unspecified atom stereocenters. The van der Waals surface area contributed by atoms with Gasteiger partial charge in [0.15, 0.2) is 5.82 Å². The van der Waals surface area contributed by atoms with Crippen LogP contribution in [0.4, 0.5) is 0 Å². The van der Waals surface area contributed by atoms with Crippen molar-refractivity contribution in [1.82, 2.24) is 19.3 Å². The van der Waals surface area contributed by atoms with Gasteiger partial charge in [0.25, 0.3) is 5.89 Å². The molecule has 29 heavy (non-hydrogen) atoms. The molecule has 4 rings (SSSR count). The topological polar surface area (TPSA) is 79.5 Å². The zero-order valence-corrected chi connectivity index (χ0v) is 17.7. The van der Waals surface area contributed by atoms with Gasteiger partial charge >= 0.3 is 0 Å². The van der Waals surface area contributed by atoms with Gasteiger partial charge in [0.05, 0.1) is 11.6 Å². The Morgan fingerprint density at radius 2 is 1.72 bits per heavy atom. The lowest BCUT2D eigenvalue weighted by molar-refractivity contribution is 0.176. The number of hydrogen-bond acceptors (Lipinski definition) is 6. The van der Waals surface area contributed by atoms with Crippen LogP contribution >= 0.6 is 23.2 Å². The van der Waals surface area contributed by atoms with Crippen molar-refractivity contribution in [2.75, 3.05) is 26.2 Å². The number of nitrogens with zero attached hydrogens (tertiary/aromatic N) is 4. The molecule has 1 fully saturated rings. The number of rotatable bonds is 5. The molecule has 0 N–H and O–H groups in total. The number of sulfonamides is 1. The van der Waals surface area contributed by atoms with Crippen LogP contribution in [0.1, 0.15) is 5.82 Å². The average Bonchev–Trinajstić information content (AvgIpc) is 3.19. The van der Waals surface area contributed by atoms with E-state index in [9.17, 15) is 8.42 Å². The Morgan fingerprint density at radius 3 is 2.45 bits per heavy atom. The lowest BCUT2D eigenvalue weighted by atomic mass is 10.2. The second-order valence-corrected chi connectivity index (χ2v) is 9.39. The Labute approximate surface area is 178 Å². The maximum atomic E-state index is 12.9. The molecular formula is C19H18Cl2N4O3S. The summed E-state index contributed by atoms with van der Waals surface area (Å²) in [4.78, 5) is 6.55. The summed E-state index contributed by atoms with van der Waals surface area (Å²) in [6, 6.07) is 14.0. The third kappa shape index (κ3) is 4.46. The summed E-state index contributed by atoms with van der Waals surface area (Å²) >= 11 is 12.0. The molecule has 0 saturated carbocycles. The maximum absolute atomic E-state index is 12.9. The third-order valence-electron chi connectivity index (χ3n) is 4.70. The van der Waals surface area contributed by atoms with Crippen LogP contribution in [0.25, 0.3) is 11.5 Å². The van der Waals surface area contributed by atoms with Gasteiger partial charge in [-0.1, -0.05) is 46.6 Å². The van der Waals surface area contributed by atoms with Crippen molar-refractivity contribution in [2.24, 2.45) is 0 Å². The molecule has 0 atom stereocenters. The summed E-state index contributed by atoms with van der Waals surface area (Å²) < 4.78 is 32.6. The van der Waals surface area contributed by atoms with E-state index in [2.05, 4.69) is 15.0 Å². The van der Waals surface area contributed by atoms with E-state index in [0.717, 1.165) is 5.56 Å². The fourth-order valence-electron chi connectivity index (χ4n) is 3.16. The van der Waals surface area contributed by atoms with Crippen molar-refractivity contribution < 1.29 is 12.9 Å². The quantitative estimate of drug-likeness (QED) is 0.588. The summed E-state index contributed by atoms with van der Waals surface area (Å²) in [5.41, 5.74) is 0.862. The van der Waals surface area contributed by atoms with Gasteiger partial charge in [-0.3, -0.25) is 4.90 Å². The monoisotopic (exact) mass is 452 g/mol. The van der Waals surface area contributed by atoms with E-state index in [4.69, 9.17) is 27.7 Å². The molecule has 0 amide bonds. The van der Waals surface area contributed by atoms with Crippen LogP contribution in [-0.2, 0) is 16.6 Å². The van der Waals surface area contributed by atoms with Crippen molar-refractivity contribution in [3.05, 3.63) is 64.4 Å². The second-order valence-electron chi connectivity index (χ2n) is 6.64. The van der Waals surface area contributed by atoms with Crippen molar-refractivity contribution in [1.29, 1.82) is 0 Å². The van der Waals surface area contributed by atoms with E-state index in [1.165, 1.54) is 16.4 Å². The van der Waals surface area contributed by atoms with Gasteiger partial charge in [-0.15, -0.1) is 0 Å². The van der Waals surface area contributed by atoms with Gasteiger partial charge < -0.3 is 4.52 Å². The minimum Gasteiger partial charge on any atom is -0.334 e. The van der Waals surface area contributed by atoms with E-state index in [1.54, 1.807) is 6.07 Å². The predicted molar refractivity (Wildman–Crippen MR) is 110 cm³/mol. The number of piperazine rings is 1. The van der Waals surface area contributed by atoms with Gasteiger partial charge in [-0.2, -0.15) is 9.29 Å². The molecule has 2 aromatic carbocycles. The summed E-state index contributed by atoms with van der Waals surface area (Å²) in [6.07, 6.45) is 0. The highest BCUT2D eigenvalue weighted by atomic mass is 35.5. The maximum Gasteiger partial charge on any atom is 0.257 e. The van der Waals surface area contributed by atoms with Crippen molar-refractivity contribution in [2.45, 2.75) is 11.4 Å². The highest BCUT2D eigenvalue weighted by Gasteiger charge is 2.30. The van der Waals surface area contributed by atoms with Gasteiger partial charge in [0.1, 0.15) is 4.90 Å². The number of aromatic nitrogens is 2. The van der Waals surface area contributed by atoms with E-state index < -0.39 is 10.0 Å². The van der Waals surface area contributed by atoms with Gasteiger partial charge in [0.2, 0.25) is 10.0 Å². The van der Waals surface area contributed by atoms with Crippen molar-refractivity contribution in [3.8, 4) is 11.5 Å². The molecule has 3 aromatic rings. The van der Waals surface area contributed by atoms with Gasteiger partial charge in [-0.25, -0.2) is 8.42 Å². The molecule has 1 saturated heterocycles. The molecule has 0 bridgehead atoms. The molecule has 1 aromatic heterocycles. The number of hydrogen-bond donors (Lipinski definition) is 0. The smallest absolute Gasteiger partial charge is 0.257 e. The third-order valence-corrected chi connectivity index (χ3v) is 7.31. The highest BCUT2D eigenvalue weighted by Crippen LogP contribution is 2.28. The Hall–Kier alpha value is -1.97. The summed E-state index contributed by atoms with van der Waals surface area (Å²) in [5, 5.41) is 4.53. The Bertz CT molecular complexity index is 1100. The Morgan fingerprint density at radius 1 is 1.00 bits per heavy atom. The van der Waals surface area contributed by atoms with Crippen LogP contribution in [0.15, 0.2) is 57.9 Å². The zero-order valence-electron chi connectivity index (χ0n) is 15.3. The summed E-state index contributed by atoms with van der Waals surface area (Å²) in [7, 11) is -3.70. The lowest BCUT2D eigenvalue weighted by Gasteiger charge is -2.33. The molecule has 0 aliphatic carbocycles. The molecule has 1 aliphatic rings. The fraction of sp³-hybridized carbons (Fsp3) is 0.263. The first-order valence-electron chi connectivity index (χ1n) is 8.99. The second kappa shape index (κ2) is 8.41. The standard InChI is InChI=1S/C19H18Cl2N4O3S/c20-15-6-7-16(21)17(12-15)29(26,27)25-10-8-24(9-11-25)13-18-22-19(28-23-18)14-4-2-1-3-5-14/h1-7,12H,8-11,13H2. The lowest BCUT2D eigenvalue weighted by Crippen LogP contribution is -2.48. The molecule has 10 heteroatoms. The van der Waals surface area contributed by atoms with Crippen LogP contribution in [0.5, 0.6) is 0 Å². The minimum absolute atomic E-state index is 0.0331. The van der Waals surface area contributed by atoms with Crippen molar-refractivity contribution in [3.63, 3.8) is 0 Å². The molecule has 1 aliphatic heterocycles. The van der Waals surface area contributed by atoms with Crippen molar-refractivity contribution >= 4 is 33.2 Å². The largest absolute Gasteiger partial charge is 0.334 e. The van der Waals surface area contributed by atoms with Gasteiger partial charge in [-0.05, 0) is 30.3 Å². The summed E-state index contributed by atoms with van der Waals surface area (Å²) in [6.45, 7) is 2.27. The first-order valence-corrected chi connectivity index (χ1v) is 11.2. The van der Waals surface area contributed by atoms with Crippen LogP contribution < -0.4 is 0 Å². The van der Waals surface area contributed by atoms with E-state index in [0.29, 0.717) is 49.5 Å². The van der Waals surface area contributed by atoms with E-state index >= 15 is 0 Å². The SMILES string of the molecule is O=S(=O)(c1cc(Cl)ccc1Cl)N1CCN(Cc2noc(-c3ccccc3)n2)CC1. The van der Waals surface area contributed by atoms with E-state index in [1.807, 2.05) is 30.3 Å². The van der Waals surface area contributed by atoms with Crippen LogP contribution in [0.2, 0.25) is 10.0 Å². The highest BCUT2D eigenvalue weighted by molar-refractivity contribution is 7.89. The average molecular weight is 453 g/mol. The molecule has 152 valence electrons. The van der Waals surface area contributed by atoms with Gasteiger partial charge in [0, 0.05) is 36.8 Å². The predicted octanol–water partition coefficient (Wildman–Crippen LogP) is 3.55. The van der Waals surface area contributed by atoms with E-state index in [-0.39, 0.29) is 9.92 Å². The molecular weight excluding hydrogens is 435 g/mol. The minimum atomic E-state index is -3.70. The first-order chi connectivity index (χ1) is 13.9. The Balaban J connectivity index is 1.40. The zero-order chi connectivity index (χ0) is 20.4. The summed E-state index contributed by atoms with van der Waals surface area (Å²) in [5.74, 6) is 1.04. The fourth-order valence-corrected chi connectivity index (χ4v) is 5.32. The molecule has 0 radical (unpaired) electrons. The molecule has 0 spiro atoms. The van der Waals surface area contributed by atoms with Crippen LogP contribution in [0, 0.1) is 0 Å².